The Labute approximate surface area is 128 Å². The zero-order valence-corrected chi connectivity index (χ0v) is 12.2. The number of benzene rings is 2. The van der Waals surface area contributed by atoms with E-state index in [1.54, 1.807) is 36.4 Å². The number of thiocarbonyl (C=S) groups is 1. The molecule has 4 nitrogen and oxygen atoms in total. The number of hydrogen-bond donors (Lipinski definition) is 2. The van der Waals surface area contributed by atoms with E-state index >= 15 is 0 Å². The summed E-state index contributed by atoms with van der Waals surface area (Å²) in [6.45, 7) is 1.96. The van der Waals surface area contributed by atoms with Gasteiger partial charge in [0.2, 0.25) is 0 Å². The molecule has 0 saturated carbocycles. The van der Waals surface area contributed by atoms with Gasteiger partial charge < -0.3 is 5.32 Å². The molecule has 5 heteroatoms. The van der Waals surface area contributed by atoms with Crippen molar-refractivity contribution in [3.8, 4) is 6.07 Å². The Balaban J connectivity index is 1.96. The van der Waals surface area contributed by atoms with E-state index in [-0.39, 0.29) is 11.0 Å². The lowest BCUT2D eigenvalue weighted by molar-refractivity contribution is 0.0978. The number of aryl methyl sites for hydroxylation is 1. The molecule has 2 aromatic rings. The summed E-state index contributed by atoms with van der Waals surface area (Å²) < 4.78 is 0. The lowest BCUT2D eigenvalue weighted by Crippen LogP contribution is -2.34. The van der Waals surface area contributed by atoms with E-state index in [1.807, 2.05) is 25.1 Å². The van der Waals surface area contributed by atoms with Crippen LogP contribution >= 0.6 is 12.2 Å². The van der Waals surface area contributed by atoms with Gasteiger partial charge in [-0.1, -0.05) is 17.7 Å². The number of amides is 1. The highest BCUT2D eigenvalue weighted by atomic mass is 32.1. The maximum Gasteiger partial charge on any atom is 0.257 e. The highest BCUT2D eigenvalue weighted by molar-refractivity contribution is 7.80. The third-order valence-electron chi connectivity index (χ3n) is 2.81. The molecular formula is C16H13N3OS. The third-order valence-corrected chi connectivity index (χ3v) is 3.02. The van der Waals surface area contributed by atoms with E-state index in [9.17, 15) is 4.79 Å². The molecule has 104 valence electrons. The van der Waals surface area contributed by atoms with Crippen LogP contribution in [-0.2, 0) is 0 Å². The summed E-state index contributed by atoms with van der Waals surface area (Å²) >= 11 is 5.09. The van der Waals surface area contributed by atoms with Gasteiger partial charge in [-0.3, -0.25) is 10.1 Å². The van der Waals surface area contributed by atoms with Gasteiger partial charge in [-0.05, 0) is 55.5 Å². The minimum atomic E-state index is -0.263. The van der Waals surface area contributed by atoms with Gasteiger partial charge in [0, 0.05) is 11.3 Å². The first-order valence-electron chi connectivity index (χ1n) is 6.27. The Morgan fingerprint density at radius 2 is 1.71 bits per heavy atom. The minimum absolute atomic E-state index is 0.213. The van der Waals surface area contributed by atoms with Crippen molar-refractivity contribution in [1.29, 1.82) is 5.26 Å². The predicted octanol–water partition coefficient (Wildman–Crippen LogP) is 2.99. The highest BCUT2D eigenvalue weighted by Crippen LogP contribution is 2.09. The Kier molecular flexibility index (Phi) is 4.64. The molecule has 0 saturated heterocycles. The fraction of sp³-hybridized carbons (Fsp3) is 0.0625. The van der Waals surface area contributed by atoms with Gasteiger partial charge in [-0.2, -0.15) is 5.26 Å². The van der Waals surface area contributed by atoms with Gasteiger partial charge in [0.15, 0.2) is 5.11 Å². The third kappa shape index (κ3) is 4.13. The van der Waals surface area contributed by atoms with Crippen molar-refractivity contribution >= 4 is 28.9 Å². The SMILES string of the molecule is Cc1ccc(C(=O)NC(=S)Nc2ccc(C#N)cc2)cc1. The molecule has 0 aliphatic heterocycles. The average molecular weight is 295 g/mol. The van der Waals surface area contributed by atoms with Crippen molar-refractivity contribution in [3.05, 3.63) is 65.2 Å². The van der Waals surface area contributed by atoms with Gasteiger partial charge in [-0.25, -0.2) is 0 Å². The number of carbonyl (C=O) groups excluding carboxylic acids is 1. The number of hydrogen-bond acceptors (Lipinski definition) is 3. The van der Waals surface area contributed by atoms with Crippen LogP contribution in [0.1, 0.15) is 21.5 Å². The van der Waals surface area contributed by atoms with Gasteiger partial charge in [0.05, 0.1) is 11.6 Å². The quantitative estimate of drug-likeness (QED) is 0.836. The van der Waals surface area contributed by atoms with E-state index in [4.69, 9.17) is 17.5 Å². The molecular weight excluding hydrogens is 282 g/mol. The fourth-order valence-corrected chi connectivity index (χ4v) is 1.88. The number of carbonyl (C=O) groups is 1. The van der Waals surface area contributed by atoms with Gasteiger partial charge >= 0.3 is 0 Å². The van der Waals surface area contributed by atoms with Crippen molar-refractivity contribution in [2.45, 2.75) is 6.92 Å². The van der Waals surface area contributed by atoms with Crippen LogP contribution in [0.3, 0.4) is 0 Å². The van der Waals surface area contributed by atoms with Crippen molar-refractivity contribution < 1.29 is 4.79 Å². The molecule has 0 radical (unpaired) electrons. The van der Waals surface area contributed by atoms with Crippen LogP contribution in [0.2, 0.25) is 0 Å². The molecule has 0 spiro atoms. The maximum absolute atomic E-state index is 12.0. The van der Waals surface area contributed by atoms with Crippen molar-refractivity contribution in [1.82, 2.24) is 5.32 Å². The molecule has 0 aliphatic rings. The van der Waals surface area contributed by atoms with Gasteiger partial charge in [0.1, 0.15) is 0 Å². The van der Waals surface area contributed by atoms with Crippen molar-refractivity contribution in [3.63, 3.8) is 0 Å². The standard InChI is InChI=1S/C16H13N3OS/c1-11-2-6-13(7-3-11)15(20)19-16(21)18-14-8-4-12(10-17)5-9-14/h2-9H,1H3,(H2,18,19,20,21). The number of nitrogens with one attached hydrogen (secondary N) is 2. The first kappa shape index (κ1) is 14.7. The second-order valence-corrected chi connectivity index (χ2v) is 4.87. The first-order valence-corrected chi connectivity index (χ1v) is 6.68. The molecule has 0 bridgehead atoms. The van der Waals surface area contributed by atoms with Crippen LogP contribution in [0.4, 0.5) is 5.69 Å². The number of rotatable bonds is 2. The number of nitriles is 1. The summed E-state index contributed by atoms with van der Waals surface area (Å²) in [4.78, 5) is 12.0. The van der Waals surface area contributed by atoms with Crippen LogP contribution < -0.4 is 10.6 Å². The molecule has 0 heterocycles. The van der Waals surface area contributed by atoms with E-state index in [0.717, 1.165) is 5.56 Å². The van der Waals surface area contributed by atoms with E-state index in [0.29, 0.717) is 16.8 Å². The molecule has 0 aromatic heterocycles. The Morgan fingerprint density at radius 1 is 1.10 bits per heavy atom. The van der Waals surface area contributed by atoms with Gasteiger partial charge in [-0.15, -0.1) is 0 Å². The van der Waals surface area contributed by atoms with Crippen LogP contribution in [0, 0.1) is 18.3 Å². The lowest BCUT2D eigenvalue weighted by atomic mass is 10.1. The van der Waals surface area contributed by atoms with Crippen LogP contribution in [0.5, 0.6) is 0 Å². The molecule has 0 fully saturated rings. The predicted molar refractivity (Wildman–Crippen MR) is 86.0 cm³/mol. The summed E-state index contributed by atoms with van der Waals surface area (Å²) in [5.41, 5.74) is 2.91. The largest absolute Gasteiger partial charge is 0.332 e. The molecule has 1 amide bonds. The number of anilines is 1. The van der Waals surface area contributed by atoms with Crippen molar-refractivity contribution in [2.24, 2.45) is 0 Å². The molecule has 2 N–H and O–H groups in total. The summed E-state index contributed by atoms with van der Waals surface area (Å²) in [6.07, 6.45) is 0. The maximum atomic E-state index is 12.0. The second-order valence-electron chi connectivity index (χ2n) is 4.46. The number of nitrogens with zero attached hydrogens (tertiary/aromatic N) is 1. The van der Waals surface area contributed by atoms with E-state index in [1.165, 1.54) is 0 Å². The molecule has 2 rings (SSSR count). The summed E-state index contributed by atoms with van der Waals surface area (Å²) in [5, 5.41) is 14.4. The average Bonchev–Trinajstić information content (AvgIpc) is 2.48. The van der Waals surface area contributed by atoms with Crippen LogP contribution in [0.15, 0.2) is 48.5 Å². The summed E-state index contributed by atoms with van der Waals surface area (Å²) in [5.74, 6) is -0.263. The topological polar surface area (TPSA) is 64.9 Å². The summed E-state index contributed by atoms with van der Waals surface area (Å²) in [7, 11) is 0. The van der Waals surface area contributed by atoms with E-state index < -0.39 is 0 Å². The Morgan fingerprint density at radius 3 is 2.29 bits per heavy atom. The van der Waals surface area contributed by atoms with Crippen molar-refractivity contribution in [2.75, 3.05) is 5.32 Å². The first-order chi connectivity index (χ1) is 10.1. The lowest BCUT2D eigenvalue weighted by Gasteiger charge is -2.09. The van der Waals surface area contributed by atoms with Gasteiger partial charge in [0.25, 0.3) is 5.91 Å². The zero-order valence-electron chi connectivity index (χ0n) is 11.4. The smallest absolute Gasteiger partial charge is 0.257 e. The van der Waals surface area contributed by atoms with Crippen LogP contribution in [0.25, 0.3) is 0 Å². The molecule has 21 heavy (non-hydrogen) atoms. The normalized spacial score (nSPS) is 9.52. The highest BCUT2D eigenvalue weighted by Gasteiger charge is 2.07. The van der Waals surface area contributed by atoms with Crippen LogP contribution in [-0.4, -0.2) is 11.0 Å². The second kappa shape index (κ2) is 6.64. The molecule has 0 atom stereocenters. The molecule has 0 unspecified atom stereocenters. The monoisotopic (exact) mass is 295 g/mol. The Bertz CT molecular complexity index is 700. The molecule has 2 aromatic carbocycles. The molecule has 0 aliphatic carbocycles. The fourth-order valence-electron chi connectivity index (χ4n) is 1.67. The summed E-state index contributed by atoms with van der Waals surface area (Å²) in [6, 6.07) is 16.1. The van der Waals surface area contributed by atoms with E-state index in [2.05, 4.69) is 10.6 Å². The zero-order chi connectivity index (χ0) is 15.2. The minimum Gasteiger partial charge on any atom is -0.332 e. The Hall–Kier alpha value is -2.71.